The van der Waals surface area contributed by atoms with Gasteiger partial charge in [0.25, 0.3) is 5.91 Å². The van der Waals surface area contributed by atoms with Gasteiger partial charge in [-0.05, 0) is 48.6 Å². The van der Waals surface area contributed by atoms with Gasteiger partial charge in [0.2, 0.25) is 0 Å². The fraction of sp³-hybridized carbons (Fsp3) is 0.269. The number of rotatable bonds is 3. The van der Waals surface area contributed by atoms with Crippen molar-refractivity contribution in [2.45, 2.75) is 39.5 Å². The highest BCUT2D eigenvalue weighted by atomic mass is 32.1. The summed E-state index contributed by atoms with van der Waals surface area (Å²) >= 11 is 1.40. The number of allylic oxidation sites excluding steroid dienone is 3. The van der Waals surface area contributed by atoms with E-state index in [1.54, 1.807) is 12.1 Å². The van der Waals surface area contributed by atoms with Crippen LogP contribution in [-0.4, -0.2) is 16.7 Å². The van der Waals surface area contributed by atoms with Crippen LogP contribution in [0.25, 0.3) is 10.2 Å². The van der Waals surface area contributed by atoms with E-state index in [4.69, 9.17) is 0 Å². The zero-order valence-corrected chi connectivity index (χ0v) is 19.5. The van der Waals surface area contributed by atoms with E-state index < -0.39 is 5.92 Å². The molecule has 2 N–H and O–H groups in total. The van der Waals surface area contributed by atoms with Gasteiger partial charge in [-0.1, -0.05) is 49.4 Å². The van der Waals surface area contributed by atoms with E-state index in [0.29, 0.717) is 40.4 Å². The molecule has 5 nitrogen and oxygen atoms in total. The van der Waals surface area contributed by atoms with Gasteiger partial charge in [0.05, 0.1) is 10.2 Å². The number of hydrogen-bond acceptors (Lipinski definition) is 5. The number of hydrogen-bond donors (Lipinski definition) is 2. The van der Waals surface area contributed by atoms with Crippen LogP contribution in [0.1, 0.15) is 45.1 Å². The number of carbonyl (C=O) groups is 2. The monoisotopic (exact) mass is 461 g/mol. The Balaban J connectivity index is 1.57. The van der Waals surface area contributed by atoms with Crippen LogP contribution in [0.4, 0.5) is 9.52 Å². The SMILES string of the molecule is CC1=C(C(=O)Nc2nc3ccccc3s2)C(c2ccc(F)cc2)C2=C(CC(C)(C)CC2=O)N1. The van der Waals surface area contributed by atoms with Crippen LogP contribution in [0.5, 0.6) is 0 Å². The number of nitrogens with one attached hydrogen (secondary N) is 2. The van der Waals surface area contributed by atoms with Crippen LogP contribution in [-0.2, 0) is 9.59 Å². The van der Waals surface area contributed by atoms with Gasteiger partial charge >= 0.3 is 0 Å². The third-order valence-electron chi connectivity index (χ3n) is 6.20. The van der Waals surface area contributed by atoms with Crippen molar-refractivity contribution in [3.8, 4) is 0 Å². The van der Waals surface area contributed by atoms with Crippen LogP contribution >= 0.6 is 11.3 Å². The van der Waals surface area contributed by atoms with Crippen molar-refractivity contribution in [3.05, 3.63) is 82.5 Å². The minimum absolute atomic E-state index is 0.0147. The molecular weight excluding hydrogens is 437 g/mol. The Labute approximate surface area is 195 Å². The number of para-hydroxylation sites is 1. The molecule has 3 aromatic rings. The van der Waals surface area contributed by atoms with Gasteiger partial charge in [-0.25, -0.2) is 9.37 Å². The van der Waals surface area contributed by atoms with Gasteiger partial charge in [0.15, 0.2) is 10.9 Å². The number of amides is 1. The lowest BCUT2D eigenvalue weighted by molar-refractivity contribution is -0.118. The summed E-state index contributed by atoms with van der Waals surface area (Å²) in [4.78, 5) is 31.4. The van der Waals surface area contributed by atoms with Crippen molar-refractivity contribution in [2.24, 2.45) is 5.41 Å². The van der Waals surface area contributed by atoms with Crippen molar-refractivity contribution in [3.63, 3.8) is 0 Å². The second-order valence-corrected chi connectivity index (χ2v) is 10.5. The van der Waals surface area contributed by atoms with Crippen molar-refractivity contribution in [1.82, 2.24) is 10.3 Å². The Morgan fingerprint density at radius 2 is 1.88 bits per heavy atom. The maximum Gasteiger partial charge on any atom is 0.256 e. The zero-order valence-electron chi connectivity index (χ0n) is 18.7. The zero-order chi connectivity index (χ0) is 23.3. The predicted octanol–water partition coefficient (Wildman–Crippen LogP) is 5.68. The van der Waals surface area contributed by atoms with Gasteiger partial charge in [0, 0.05) is 34.9 Å². The largest absolute Gasteiger partial charge is 0.362 e. The lowest BCUT2D eigenvalue weighted by Gasteiger charge is -2.39. The van der Waals surface area contributed by atoms with Crippen molar-refractivity contribution in [2.75, 3.05) is 5.32 Å². The highest BCUT2D eigenvalue weighted by Crippen LogP contribution is 2.46. The molecule has 5 rings (SSSR count). The summed E-state index contributed by atoms with van der Waals surface area (Å²) < 4.78 is 14.7. The molecule has 1 aliphatic heterocycles. The lowest BCUT2D eigenvalue weighted by atomic mass is 9.68. The number of thiazole rings is 1. The first-order valence-corrected chi connectivity index (χ1v) is 11.7. The molecule has 2 aromatic carbocycles. The topological polar surface area (TPSA) is 71.1 Å². The summed E-state index contributed by atoms with van der Waals surface area (Å²) in [5.74, 6) is -1.24. The molecular formula is C26H24FN3O2S. The number of Topliss-reactive ketones (excluding diaryl/α,β-unsaturated/α-hetero) is 1. The van der Waals surface area contributed by atoms with Gasteiger partial charge < -0.3 is 5.32 Å². The quantitative estimate of drug-likeness (QED) is 0.527. The molecule has 7 heteroatoms. The van der Waals surface area contributed by atoms with Crippen LogP contribution in [0.15, 0.2) is 71.1 Å². The molecule has 0 spiro atoms. The molecule has 2 aliphatic rings. The molecule has 33 heavy (non-hydrogen) atoms. The summed E-state index contributed by atoms with van der Waals surface area (Å²) in [6.07, 6.45) is 1.10. The summed E-state index contributed by atoms with van der Waals surface area (Å²) in [7, 11) is 0. The summed E-state index contributed by atoms with van der Waals surface area (Å²) in [5, 5.41) is 6.77. The van der Waals surface area contributed by atoms with E-state index in [0.717, 1.165) is 15.9 Å². The third kappa shape index (κ3) is 3.97. The first-order chi connectivity index (χ1) is 15.7. The Hall–Kier alpha value is -3.32. The fourth-order valence-electron chi connectivity index (χ4n) is 4.82. The summed E-state index contributed by atoms with van der Waals surface area (Å²) in [5.41, 5.74) is 3.94. The predicted molar refractivity (Wildman–Crippen MR) is 128 cm³/mol. The summed E-state index contributed by atoms with van der Waals surface area (Å²) in [6.45, 7) is 5.98. The summed E-state index contributed by atoms with van der Waals surface area (Å²) in [6, 6.07) is 13.7. The Morgan fingerprint density at radius 3 is 2.61 bits per heavy atom. The van der Waals surface area contributed by atoms with Gasteiger partial charge in [0.1, 0.15) is 5.82 Å². The van der Waals surface area contributed by atoms with Crippen molar-refractivity contribution in [1.29, 1.82) is 0 Å². The van der Waals surface area contributed by atoms with Crippen LogP contribution in [0.2, 0.25) is 0 Å². The van der Waals surface area contributed by atoms with E-state index in [9.17, 15) is 14.0 Å². The Bertz CT molecular complexity index is 1320. The second-order valence-electron chi connectivity index (χ2n) is 9.42. The maximum absolute atomic E-state index is 13.7. The maximum atomic E-state index is 13.7. The molecule has 1 amide bonds. The van der Waals surface area contributed by atoms with E-state index in [2.05, 4.69) is 29.5 Å². The number of benzene rings is 2. The van der Waals surface area contributed by atoms with Crippen LogP contribution < -0.4 is 10.6 Å². The molecule has 0 fully saturated rings. The lowest BCUT2D eigenvalue weighted by Crippen LogP contribution is -2.39. The number of nitrogens with zero attached hydrogens (tertiary/aromatic N) is 1. The molecule has 0 radical (unpaired) electrons. The number of halogens is 1. The average molecular weight is 462 g/mol. The highest BCUT2D eigenvalue weighted by Gasteiger charge is 2.42. The number of dihydropyridines is 1. The first kappa shape index (κ1) is 21.5. The van der Waals surface area contributed by atoms with E-state index in [1.807, 2.05) is 31.2 Å². The molecule has 0 saturated heterocycles. The smallest absolute Gasteiger partial charge is 0.256 e. The number of ketones is 1. The van der Waals surface area contributed by atoms with E-state index >= 15 is 0 Å². The molecule has 2 heterocycles. The Morgan fingerprint density at radius 1 is 1.15 bits per heavy atom. The number of aromatic nitrogens is 1. The third-order valence-corrected chi connectivity index (χ3v) is 7.15. The van der Waals surface area contributed by atoms with Crippen LogP contribution in [0, 0.1) is 11.2 Å². The average Bonchev–Trinajstić information content (AvgIpc) is 3.14. The van der Waals surface area contributed by atoms with Crippen molar-refractivity contribution < 1.29 is 14.0 Å². The molecule has 168 valence electrons. The fourth-order valence-corrected chi connectivity index (χ4v) is 5.68. The minimum Gasteiger partial charge on any atom is -0.362 e. The Kier molecular flexibility index (Phi) is 5.16. The number of anilines is 1. The van der Waals surface area contributed by atoms with Gasteiger partial charge in [-0.3, -0.25) is 14.9 Å². The highest BCUT2D eigenvalue weighted by molar-refractivity contribution is 7.22. The molecule has 1 unspecified atom stereocenters. The molecule has 1 atom stereocenters. The number of fused-ring (bicyclic) bond motifs is 1. The molecule has 0 saturated carbocycles. The van der Waals surface area contributed by atoms with E-state index in [-0.39, 0.29) is 22.9 Å². The molecule has 1 aliphatic carbocycles. The molecule has 0 bridgehead atoms. The van der Waals surface area contributed by atoms with Gasteiger partial charge in [-0.15, -0.1) is 0 Å². The minimum atomic E-state index is -0.570. The second kappa shape index (κ2) is 7.92. The number of carbonyl (C=O) groups excluding carboxylic acids is 2. The van der Waals surface area contributed by atoms with Gasteiger partial charge in [-0.2, -0.15) is 0 Å². The van der Waals surface area contributed by atoms with Crippen molar-refractivity contribution >= 4 is 38.4 Å². The standard InChI is InChI=1S/C26H24FN3O2S/c1-14-21(24(32)30-25-29-17-6-4-5-7-20(17)33-25)22(15-8-10-16(27)11-9-15)23-18(28-14)12-26(2,3)13-19(23)31/h4-11,22,28H,12-13H2,1-3H3,(H,29,30,32). The first-order valence-electron chi connectivity index (χ1n) is 10.9. The molecule has 1 aromatic heterocycles. The van der Waals surface area contributed by atoms with Crippen LogP contribution in [0.3, 0.4) is 0 Å². The normalized spacial score (nSPS) is 20.0. The van der Waals surface area contributed by atoms with E-state index in [1.165, 1.54) is 23.5 Å².